The Hall–Kier alpha value is -1.06. The highest BCUT2D eigenvalue weighted by Gasteiger charge is 2.34. The second kappa shape index (κ2) is 4.85. The molecule has 2 rings (SSSR count). The fourth-order valence-corrected chi connectivity index (χ4v) is 2.54. The molecular formula is C12H21N3O. The summed E-state index contributed by atoms with van der Waals surface area (Å²) in [5.41, 5.74) is 0. The van der Waals surface area contributed by atoms with Crippen LogP contribution in [0.3, 0.4) is 0 Å². The molecule has 1 amide bonds. The van der Waals surface area contributed by atoms with Crippen molar-refractivity contribution in [1.82, 2.24) is 10.6 Å². The van der Waals surface area contributed by atoms with Crippen LogP contribution < -0.4 is 10.6 Å². The third-order valence-electron chi connectivity index (χ3n) is 3.30. The van der Waals surface area contributed by atoms with Crippen LogP contribution in [-0.2, 0) is 4.79 Å². The molecule has 90 valence electrons. The molecule has 1 atom stereocenters. The molecule has 1 aliphatic heterocycles. The summed E-state index contributed by atoms with van der Waals surface area (Å²) in [6.07, 6.45) is 6.10. The van der Waals surface area contributed by atoms with Crippen LogP contribution >= 0.6 is 0 Å². The van der Waals surface area contributed by atoms with Gasteiger partial charge in [0.15, 0.2) is 5.96 Å². The van der Waals surface area contributed by atoms with Gasteiger partial charge >= 0.3 is 0 Å². The number of nitrogens with zero attached hydrogens (tertiary/aromatic N) is 1. The van der Waals surface area contributed by atoms with Gasteiger partial charge in [-0.1, -0.05) is 19.3 Å². The summed E-state index contributed by atoms with van der Waals surface area (Å²) in [5.74, 6) is 1.20. The van der Waals surface area contributed by atoms with Crippen molar-refractivity contribution in [1.29, 1.82) is 0 Å². The number of carbonyl (C=O) groups excluding carboxylic acids is 1. The van der Waals surface area contributed by atoms with Gasteiger partial charge in [-0.05, 0) is 32.6 Å². The number of guanidine groups is 1. The van der Waals surface area contributed by atoms with Gasteiger partial charge in [-0.25, -0.2) is 4.99 Å². The highest BCUT2D eigenvalue weighted by Crippen LogP contribution is 2.29. The molecule has 0 aromatic heterocycles. The van der Waals surface area contributed by atoms with Crippen molar-refractivity contribution in [3.05, 3.63) is 0 Å². The number of hydrogen-bond acceptors (Lipinski definition) is 3. The summed E-state index contributed by atoms with van der Waals surface area (Å²) in [4.78, 5) is 16.3. The first-order chi connectivity index (χ1) is 7.66. The lowest BCUT2D eigenvalue weighted by molar-refractivity contribution is -0.121. The molecule has 0 saturated heterocycles. The van der Waals surface area contributed by atoms with E-state index in [1.54, 1.807) is 0 Å². The Labute approximate surface area is 96.9 Å². The van der Waals surface area contributed by atoms with E-state index in [2.05, 4.69) is 15.6 Å². The molecule has 1 saturated carbocycles. The van der Waals surface area contributed by atoms with Gasteiger partial charge in [-0.2, -0.15) is 0 Å². The summed E-state index contributed by atoms with van der Waals surface area (Å²) in [5, 5.41) is 5.99. The van der Waals surface area contributed by atoms with Gasteiger partial charge in [0.1, 0.15) is 6.04 Å². The van der Waals surface area contributed by atoms with Crippen molar-refractivity contribution < 1.29 is 4.79 Å². The number of aliphatic imine (C=N–C) groups is 1. The normalized spacial score (nSPS) is 26.8. The van der Waals surface area contributed by atoms with Crippen LogP contribution in [0.4, 0.5) is 0 Å². The van der Waals surface area contributed by atoms with E-state index in [1.165, 1.54) is 19.3 Å². The van der Waals surface area contributed by atoms with Gasteiger partial charge in [-0.15, -0.1) is 0 Å². The molecule has 4 nitrogen and oxygen atoms in total. The largest absolute Gasteiger partial charge is 0.354 e. The molecule has 1 fully saturated rings. The predicted octanol–water partition coefficient (Wildman–Crippen LogP) is 1.42. The third-order valence-corrected chi connectivity index (χ3v) is 3.30. The summed E-state index contributed by atoms with van der Waals surface area (Å²) in [6.45, 7) is 4.09. The summed E-state index contributed by atoms with van der Waals surface area (Å²) in [7, 11) is 0. The Bertz CT molecular complexity index is 293. The van der Waals surface area contributed by atoms with E-state index in [-0.39, 0.29) is 11.9 Å². The number of hydrogen-bond donors (Lipinski definition) is 2. The van der Waals surface area contributed by atoms with Gasteiger partial charge in [0.2, 0.25) is 0 Å². The lowest BCUT2D eigenvalue weighted by atomic mass is 9.84. The monoisotopic (exact) mass is 223 g/mol. The first-order valence-corrected chi connectivity index (χ1v) is 6.32. The maximum absolute atomic E-state index is 11.8. The van der Waals surface area contributed by atoms with Crippen molar-refractivity contribution >= 4 is 11.9 Å². The molecule has 0 radical (unpaired) electrons. The van der Waals surface area contributed by atoms with Crippen LogP contribution in [0.15, 0.2) is 4.99 Å². The minimum absolute atomic E-state index is 0.0788. The minimum Gasteiger partial charge on any atom is -0.354 e. The molecule has 1 heterocycles. The Morgan fingerprint density at radius 1 is 1.31 bits per heavy atom. The van der Waals surface area contributed by atoms with Crippen molar-refractivity contribution in [3.63, 3.8) is 0 Å². The molecule has 1 unspecified atom stereocenters. The predicted molar refractivity (Wildman–Crippen MR) is 64.2 cm³/mol. The highest BCUT2D eigenvalue weighted by atomic mass is 16.2. The molecule has 2 N–H and O–H groups in total. The van der Waals surface area contributed by atoms with Crippen molar-refractivity contribution in [2.24, 2.45) is 10.9 Å². The van der Waals surface area contributed by atoms with E-state index < -0.39 is 0 Å². The van der Waals surface area contributed by atoms with E-state index in [0.717, 1.165) is 12.8 Å². The van der Waals surface area contributed by atoms with Gasteiger partial charge in [0.25, 0.3) is 5.91 Å². The molecular weight excluding hydrogens is 202 g/mol. The molecule has 16 heavy (non-hydrogen) atoms. The van der Waals surface area contributed by atoms with Crippen LogP contribution in [0.5, 0.6) is 0 Å². The van der Waals surface area contributed by atoms with E-state index in [4.69, 9.17) is 0 Å². The molecule has 4 heteroatoms. The van der Waals surface area contributed by atoms with Crippen molar-refractivity contribution in [2.45, 2.75) is 58.0 Å². The second-order valence-corrected chi connectivity index (χ2v) is 5.11. The van der Waals surface area contributed by atoms with E-state index >= 15 is 0 Å². The van der Waals surface area contributed by atoms with E-state index in [0.29, 0.717) is 17.9 Å². The van der Waals surface area contributed by atoms with Crippen LogP contribution in [-0.4, -0.2) is 24.0 Å². The van der Waals surface area contributed by atoms with E-state index in [1.807, 2.05) is 13.8 Å². The summed E-state index contributed by atoms with van der Waals surface area (Å²) >= 11 is 0. The van der Waals surface area contributed by atoms with Crippen LogP contribution in [0.1, 0.15) is 46.0 Å². The van der Waals surface area contributed by atoms with Gasteiger partial charge < -0.3 is 5.32 Å². The quantitative estimate of drug-likeness (QED) is 0.744. The molecule has 0 aromatic rings. The Balaban J connectivity index is 1.98. The van der Waals surface area contributed by atoms with E-state index in [9.17, 15) is 4.79 Å². The highest BCUT2D eigenvalue weighted by molar-refractivity contribution is 6.05. The fourth-order valence-electron chi connectivity index (χ4n) is 2.54. The topological polar surface area (TPSA) is 53.5 Å². The molecule has 0 bridgehead atoms. The SMILES string of the molecule is CC(C)NC1=NC(C2CCCCC2)C(=O)N1. The van der Waals surface area contributed by atoms with Gasteiger partial charge in [0.05, 0.1) is 0 Å². The summed E-state index contributed by atoms with van der Waals surface area (Å²) in [6, 6.07) is 0.172. The lowest BCUT2D eigenvalue weighted by Gasteiger charge is -2.23. The Morgan fingerprint density at radius 3 is 2.62 bits per heavy atom. The second-order valence-electron chi connectivity index (χ2n) is 5.11. The van der Waals surface area contributed by atoms with Crippen LogP contribution in [0.2, 0.25) is 0 Å². The van der Waals surface area contributed by atoms with Crippen LogP contribution in [0.25, 0.3) is 0 Å². The maximum Gasteiger partial charge on any atom is 0.251 e. The Morgan fingerprint density at radius 2 is 2.00 bits per heavy atom. The molecule has 0 aromatic carbocycles. The lowest BCUT2D eigenvalue weighted by Crippen LogP contribution is -2.41. The number of amides is 1. The standard InChI is InChI=1S/C12H21N3O/c1-8(2)13-12-14-10(11(16)15-12)9-6-4-3-5-7-9/h8-10H,3-7H2,1-2H3,(H2,13,14,15,16). The zero-order chi connectivity index (χ0) is 11.5. The first kappa shape index (κ1) is 11.4. The van der Waals surface area contributed by atoms with Gasteiger partial charge in [-0.3, -0.25) is 10.1 Å². The van der Waals surface area contributed by atoms with Gasteiger partial charge in [0, 0.05) is 6.04 Å². The van der Waals surface area contributed by atoms with Crippen molar-refractivity contribution in [3.8, 4) is 0 Å². The minimum atomic E-state index is -0.137. The number of rotatable bonds is 2. The fraction of sp³-hybridized carbons (Fsp3) is 0.833. The third kappa shape index (κ3) is 2.54. The first-order valence-electron chi connectivity index (χ1n) is 6.32. The zero-order valence-electron chi connectivity index (χ0n) is 10.1. The van der Waals surface area contributed by atoms with Crippen LogP contribution in [0, 0.1) is 5.92 Å². The van der Waals surface area contributed by atoms with Crippen molar-refractivity contribution in [2.75, 3.05) is 0 Å². The average Bonchev–Trinajstić information content (AvgIpc) is 2.60. The zero-order valence-corrected chi connectivity index (χ0v) is 10.1. The molecule has 1 aliphatic carbocycles. The average molecular weight is 223 g/mol. The maximum atomic E-state index is 11.8. The summed E-state index contributed by atoms with van der Waals surface area (Å²) < 4.78 is 0. The number of nitrogens with one attached hydrogen (secondary N) is 2. The number of carbonyl (C=O) groups is 1. The Kier molecular flexibility index (Phi) is 3.46. The smallest absolute Gasteiger partial charge is 0.251 e. The molecule has 0 spiro atoms. The molecule has 2 aliphatic rings.